The van der Waals surface area contributed by atoms with Crippen LogP contribution in [0, 0.1) is 5.92 Å². The van der Waals surface area contributed by atoms with Crippen LogP contribution in [-0.2, 0) is 0 Å². The normalized spacial score (nSPS) is 27.3. The van der Waals surface area contributed by atoms with Crippen LogP contribution in [0.2, 0.25) is 5.02 Å². The number of carbonyl (C=O) groups is 1. The lowest BCUT2D eigenvalue weighted by molar-refractivity contribution is 0.0619. The minimum atomic E-state index is -0.123. The molecule has 0 saturated carbocycles. The maximum atomic E-state index is 12.9. The summed E-state index contributed by atoms with van der Waals surface area (Å²) in [7, 11) is 1.57. The van der Waals surface area contributed by atoms with Gasteiger partial charge in [-0.05, 0) is 50.8 Å². The number of ether oxygens (including phenoxy) is 1. The summed E-state index contributed by atoms with van der Waals surface area (Å²) in [5, 5.41) is 3.66. The van der Waals surface area contributed by atoms with Crippen molar-refractivity contribution < 1.29 is 9.53 Å². The third kappa shape index (κ3) is 4.06. The third-order valence-corrected chi connectivity index (χ3v) is 6.29. The summed E-state index contributed by atoms with van der Waals surface area (Å²) in [6, 6.07) is 3.63. The molecule has 2 bridgehead atoms. The molecule has 0 radical (unpaired) electrons. The van der Waals surface area contributed by atoms with E-state index in [1.807, 2.05) is 6.34 Å². The number of aliphatic imine (C=N–C) groups is 1. The van der Waals surface area contributed by atoms with Crippen molar-refractivity contribution in [2.75, 3.05) is 39.8 Å². The largest absolute Gasteiger partial charge is 0.496 e. The van der Waals surface area contributed by atoms with Crippen molar-refractivity contribution in [3.8, 4) is 5.75 Å². The minimum Gasteiger partial charge on any atom is -0.496 e. The summed E-state index contributed by atoms with van der Waals surface area (Å²) in [6.07, 6.45) is 6.55. The van der Waals surface area contributed by atoms with E-state index in [1.165, 1.54) is 12.8 Å². The van der Waals surface area contributed by atoms with Gasteiger partial charge in [-0.3, -0.25) is 4.79 Å². The molecule has 6 nitrogen and oxygen atoms in total. The second-order valence-corrected chi connectivity index (χ2v) is 8.12. The Bertz CT molecular complexity index is 725. The van der Waals surface area contributed by atoms with Gasteiger partial charge in [0.25, 0.3) is 5.91 Å². The summed E-state index contributed by atoms with van der Waals surface area (Å²) in [6.45, 7) is 5.28. The first kappa shape index (κ1) is 18.6. The van der Waals surface area contributed by atoms with Gasteiger partial charge in [-0.1, -0.05) is 11.6 Å². The van der Waals surface area contributed by atoms with Crippen molar-refractivity contribution in [3.63, 3.8) is 0 Å². The van der Waals surface area contributed by atoms with E-state index in [-0.39, 0.29) is 11.9 Å². The molecule has 4 aliphatic rings. The fourth-order valence-electron chi connectivity index (χ4n) is 4.36. The van der Waals surface area contributed by atoms with Crippen molar-refractivity contribution in [1.82, 2.24) is 15.1 Å². The average molecular weight is 391 g/mol. The van der Waals surface area contributed by atoms with Gasteiger partial charge in [0.2, 0.25) is 0 Å². The number of rotatable bonds is 5. The predicted octanol–water partition coefficient (Wildman–Crippen LogP) is 2.93. The average Bonchev–Trinajstić information content (AvgIpc) is 3.21. The SMILES string of the molecule is COc1cc(N=CN2CCCC2)c(Cl)cc1C(=O)NC1CN2CCC1CC2. The maximum Gasteiger partial charge on any atom is 0.255 e. The van der Waals surface area contributed by atoms with E-state index >= 15 is 0 Å². The summed E-state index contributed by atoms with van der Waals surface area (Å²) in [5.74, 6) is 0.957. The van der Waals surface area contributed by atoms with E-state index in [0.29, 0.717) is 27.9 Å². The van der Waals surface area contributed by atoms with Crippen LogP contribution < -0.4 is 10.1 Å². The number of hydrogen-bond donors (Lipinski definition) is 1. The molecule has 4 heterocycles. The maximum absolute atomic E-state index is 12.9. The van der Waals surface area contributed by atoms with Gasteiger partial charge in [0.1, 0.15) is 5.75 Å². The Hall–Kier alpha value is -1.79. The lowest BCUT2D eigenvalue weighted by Crippen LogP contribution is -2.57. The zero-order valence-corrected chi connectivity index (χ0v) is 16.5. The summed E-state index contributed by atoms with van der Waals surface area (Å²) in [4.78, 5) is 22.0. The van der Waals surface area contributed by atoms with Crippen LogP contribution in [0.25, 0.3) is 0 Å². The molecule has 0 aliphatic carbocycles. The molecule has 0 aromatic heterocycles. The highest BCUT2D eigenvalue weighted by molar-refractivity contribution is 6.33. The topological polar surface area (TPSA) is 57.2 Å². The molecular weight excluding hydrogens is 364 g/mol. The minimum absolute atomic E-state index is 0.123. The van der Waals surface area contributed by atoms with Crippen LogP contribution in [0.5, 0.6) is 5.75 Å². The van der Waals surface area contributed by atoms with Gasteiger partial charge in [0.15, 0.2) is 0 Å². The molecule has 5 rings (SSSR count). The van der Waals surface area contributed by atoms with Crippen molar-refractivity contribution in [3.05, 3.63) is 22.7 Å². The van der Waals surface area contributed by atoms with Gasteiger partial charge < -0.3 is 19.9 Å². The van der Waals surface area contributed by atoms with Crippen LogP contribution in [-0.4, -0.2) is 67.9 Å². The van der Waals surface area contributed by atoms with E-state index in [9.17, 15) is 4.79 Å². The highest BCUT2D eigenvalue weighted by Gasteiger charge is 2.35. The van der Waals surface area contributed by atoms with Crippen LogP contribution in [0.3, 0.4) is 0 Å². The smallest absolute Gasteiger partial charge is 0.255 e. The molecule has 1 amide bonds. The van der Waals surface area contributed by atoms with E-state index in [2.05, 4.69) is 20.1 Å². The number of nitrogens with zero attached hydrogens (tertiary/aromatic N) is 3. The summed E-state index contributed by atoms with van der Waals surface area (Å²) < 4.78 is 5.47. The molecule has 4 aliphatic heterocycles. The van der Waals surface area contributed by atoms with E-state index in [1.54, 1.807) is 19.2 Å². The first-order chi connectivity index (χ1) is 13.1. The monoisotopic (exact) mass is 390 g/mol. The molecule has 1 N–H and O–H groups in total. The van der Waals surface area contributed by atoms with E-state index < -0.39 is 0 Å². The number of likely N-dealkylation sites (tertiary alicyclic amines) is 1. The number of amides is 1. The zero-order chi connectivity index (χ0) is 18.8. The van der Waals surface area contributed by atoms with Crippen molar-refractivity contribution >= 4 is 29.5 Å². The number of benzene rings is 1. The van der Waals surface area contributed by atoms with E-state index in [4.69, 9.17) is 16.3 Å². The van der Waals surface area contributed by atoms with Crippen molar-refractivity contribution in [2.24, 2.45) is 10.9 Å². The Kier molecular flexibility index (Phi) is 5.55. The Balaban J connectivity index is 1.49. The highest BCUT2D eigenvalue weighted by Crippen LogP contribution is 2.34. The number of nitrogens with one attached hydrogen (secondary N) is 1. The Morgan fingerprint density at radius 3 is 2.63 bits per heavy atom. The molecule has 27 heavy (non-hydrogen) atoms. The molecule has 146 valence electrons. The van der Waals surface area contributed by atoms with E-state index in [0.717, 1.165) is 45.6 Å². The zero-order valence-electron chi connectivity index (χ0n) is 15.8. The number of carbonyl (C=O) groups excluding carboxylic acids is 1. The molecule has 4 fully saturated rings. The Morgan fingerprint density at radius 1 is 1.26 bits per heavy atom. The van der Waals surface area contributed by atoms with Crippen molar-refractivity contribution in [1.29, 1.82) is 0 Å². The highest BCUT2D eigenvalue weighted by atomic mass is 35.5. The Morgan fingerprint density at radius 2 is 2.00 bits per heavy atom. The van der Waals surface area contributed by atoms with Crippen LogP contribution in [0.15, 0.2) is 17.1 Å². The van der Waals surface area contributed by atoms with Gasteiger partial charge >= 0.3 is 0 Å². The van der Waals surface area contributed by atoms with Gasteiger partial charge in [0.05, 0.1) is 29.7 Å². The number of fused-ring (bicyclic) bond motifs is 3. The molecular formula is C20H27ClN4O2. The van der Waals surface area contributed by atoms with Crippen molar-refractivity contribution in [2.45, 2.75) is 31.7 Å². The fourth-order valence-corrected chi connectivity index (χ4v) is 4.58. The number of piperidine rings is 3. The van der Waals surface area contributed by atoms with Gasteiger partial charge in [-0.2, -0.15) is 0 Å². The fraction of sp³-hybridized carbons (Fsp3) is 0.600. The predicted molar refractivity (Wildman–Crippen MR) is 107 cm³/mol. The molecule has 0 spiro atoms. The molecule has 1 aromatic rings. The molecule has 1 atom stereocenters. The second-order valence-electron chi connectivity index (χ2n) is 7.71. The molecule has 4 saturated heterocycles. The molecule has 7 heteroatoms. The van der Waals surface area contributed by atoms with Gasteiger partial charge in [0, 0.05) is 31.7 Å². The lowest BCUT2D eigenvalue weighted by Gasteiger charge is -2.44. The Labute approximate surface area is 165 Å². The summed E-state index contributed by atoms with van der Waals surface area (Å²) >= 11 is 6.42. The lowest BCUT2D eigenvalue weighted by atomic mass is 9.84. The third-order valence-electron chi connectivity index (χ3n) is 5.99. The second kappa shape index (κ2) is 8.07. The molecule has 1 unspecified atom stereocenters. The quantitative estimate of drug-likeness (QED) is 0.620. The number of methoxy groups -OCH3 is 1. The standard InChI is InChI=1S/C20H27ClN4O2/c1-27-19-11-17(22-13-25-6-2-3-7-25)16(21)10-15(19)20(26)23-18-12-24-8-4-14(18)5-9-24/h10-11,13-14,18H,2-9,12H2,1H3,(H,23,26). The summed E-state index contributed by atoms with van der Waals surface area (Å²) in [5.41, 5.74) is 1.10. The number of halogens is 1. The first-order valence-corrected chi connectivity index (χ1v) is 10.2. The number of hydrogen-bond acceptors (Lipinski definition) is 4. The van der Waals surface area contributed by atoms with Gasteiger partial charge in [-0.15, -0.1) is 0 Å². The van der Waals surface area contributed by atoms with Crippen LogP contribution in [0.1, 0.15) is 36.0 Å². The van der Waals surface area contributed by atoms with Crippen LogP contribution in [0.4, 0.5) is 5.69 Å². The molecule has 1 aromatic carbocycles. The van der Waals surface area contributed by atoms with Crippen LogP contribution >= 0.6 is 11.6 Å². The first-order valence-electron chi connectivity index (χ1n) is 9.83. The van der Waals surface area contributed by atoms with Gasteiger partial charge in [-0.25, -0.2) is 4.99 Å².